The van der Waals surface area contributed by atoms with Crippen LogP contribution in [0.2, 0.25) is 0 Å². The third kappa shape index (κ3) is 2.08. The smallest absolute Gasteiger partial charge is 0.323 e. The van der Waals surface area contributed by atoms with Crippen LogP contribution in [0.4, 0.5) is 0 Å². The number of carboxylic acids is 1. The Bertz CT molecular complexity index is 407. The lowest BCUT2D eigenvalue weighted by Gasteiger charge is -2.17. The molecule has 1 aliphatic rings. The molecule has 16 heavy (non-hydrogen) atoms. The monoisotopic (exact) mass is 241 g/mol. The van der Waals surface area contributed by atoms with Crippen LogP contribution in [0.25, 0.3) is 0 Å². The Morgan fingerprint density at radius 1 is 1.81 bits per heavy atom. The van der Waals surface area contributed by atoms with Crippen LogP contribution in [0.3, 0.4) is 0 Å². The van der Waals surface area contributed by atoms with Crippen LogP contribution >= 0.6 is 11.8 Å². The number of nitrogens with zero attached hydrogens (tertiary/aromatic N) is 2. The Balaban J connectivity index is 2.00. The van der Waals surface area contributed by atoms with E-state index in [0.29, 0.717) is 12.8 Å². The van der Waals surface area contributed by atoms with Crippen LogP contribution in [0.1, 0.15) is 19.3 Å². The van der Waals surface area contributed by atoms with E-state index < -0.39 is 11.5 Å². The van der Waals surface area contributed by atoms with E-state index in [-0.39, 0.29) is 5.25 Å². The van der Waals surface area contributed by atoms with Crippen molar-refractivity contribution in [1.82, 2.24) is 9.55 Å². The summed E-state index contributed by atoms with van der Waals surface area (Å²) in [5, 5.41) is 10.2. The van der Waals surface area contributed by atoms with Crippen molar-refractivity contribution in [3.63, 3.8) is 0 Å². The fourth-order valence-corrected chi connectivity index (χ4v) is 3.20. The summed E-state index contributed by atoms with van der Waals surface area (Å²) >= 11 is 1.61. The predicted molar refractivity (Wildman–Crippen MR) is 61.3 cm³/mol. The van der Waals surface area contributed by atoms with Crippen molar-refractivity contribution in [3.8, 4) is 0 Å². The molecule has 1 fully saturated rings. The summed E-state index contributed by atoms with van der Waals surface area (Å²) in [5.74, 6) is -0.893. The van der Waals surface area contributed by atoms with Gasteiger partial charge in [0.25, 0.3) is 0 Å². The first kappa shape index (κ1) is 11.5. The quantitative estimate of drug-likeness (QED) is 0.819. The Morgan fingerprint density at radius 2 is 2.56 bits per heavy atom. The molecular weight excluding hydrogens is 226 g/mol. The normalized spacial score (nSPS) is 29.5. The van der Waals surface area contributed by atoms with Crippen molar-refractivity contribution >= 4 is 17.7 Å². The number of carbonyl (C=O) groups is 1. The molecule has 0 aliphatic heterocycles. The molecule has 0 spiro atoms. The zero-order chi connectivity index (χ0) is 11.8. The van der Waals surface area contributed by atoms with Gasteiger partial charge in [0, 0.05) is 24.7 Å². The summed E-state index contributed by atoms with van der Waals surface area (Å²) < 4.78 is 1.93. The summed E-state index contributed by atoms with van der Waals surface area (Å²) in [4.78, 5) is 15.2. The maximum atomic E-state index is 11.0. The lowest BCUT2D eigenvalue weighted by atomic mass is 10.0. The van der Waals surface area contributed by atoms with Crippen molar-refractivity contribution in [2.45, 2.75) is 35.2 Å². The highest BCUT2D eigenvalue weighted by molar-refractivity contribution is 7.99. The summed E-state index contributed by atoms with van der Waals surface area (Å²) in [6, 6.07) is 0. The van der Waals surface area contributed by atoms with E-state index >= 15 is 0 Å². The Morgan fingerprint density at radius 3 is 3.06 bits per heavy atom. The highest BCUT2D eigenvalue weighted by Crippen LogP contribution is 2.38. The third-order valence-corrected chi connectivity index (χ3v) is 4.32. The highest BCUT2D eigenvalue weighted by atomic mass is 32.2. The molecule has 5 nitrogen and oxygen atoms in total. The Labute approximate surface area is 98.0 Å². The maximum Gasteiger partial charge on any atom is 0.323 e. The predicted octanol–water partition coefficient (Wildman–Crippen LogP) is 0.847. The van der Waals surface area contributed by atoms with E-state index in [2.05, 4.69) is 4.98 Å². The van der Waals surface area contributed by atoms with Crippen LogP contribution in [0.15, 0.2) is 17.6 Å². The number of imidazole rings is 1. The van der Waals surface area contributed by atoms with Gasteiger partial charge in [-0.1, -0.05) is 11.8 Å². The minimum atomic E-state index is -1.04. The van der Waals surface area contributed by atoms with Gasteiger partial charge in [0.15, 0.2) is 5.16 Å². The molecule has 1 aliphatic carbocycles. The molecule has 1 aromatic heterocycles. The van der Waals surface area contributed by atoms with Gasteiger partial charge in [-0.3, -0.25) is 4.79 Å². The molecule has 2 unspecified atom stereocenters. The van der Waals surface area contributed by atoms with Crippen molar-refractivity contribution in [1.29, 1.82) is 0 Å². The second kappa shape index (κ2) is 4.10. The van der Waals surface area contributed by atoms with Crippen LogP contribution in [0.5, 0.6) is 0 Å². The van der Waals surface area contributed by atoms with Crippen molar-refractivity contribution in [3.05, 3.63) is 12.4 Å². The van der Waals surface area contributed by atoms with E-state index in [0.717, 1.165) is 11.6 Å². The molecule has 0 bridgehead atoms. The fourth-order valence-electron chi connectivity index (χ4n) is 1.94. The van der Waals surface area contributed by atoms with Crippen LogP contribution < -0.4 is 5.73 Å². The highest BCUT2D eigenvalue weighted by Gasteiger charge is 2.42. The number of hydrogen-bond donors (Lipinski definition) is 2. The first-order valence-corrected chi connectivity index (χ1v) is 6.05. The molecular formula is C10H15N3O2S. The molecule has 2 atom stereocenters. The van der Waals surface area contributed by atoms with Crippen molar-refractivity contribution in [2.75, 3.05) is 0 Å². The van der Waals surface area contributed by atoms with Gasteiger partial charge in [-0.2, -0.15) is 0 Å². The number of nitrogens with two attached hydrogens (primary N) is 1. The second-order valence-corrected chi connectivity index (χ2v) is 5.53. The summed E-state index contributed by atoms with van der Waals surface area (Å²) in [5.41, 5.74) is 4.78. The van der Waals surface area contributed by atoms with Gasteiger partial charge < -0.3 is 15.4 Å². The molecule has 3 N–H and O–H groups in total. The summed E-state index contributed by atoms with van der Waals surface area (Å²) in [6.07, 6.45) is 5.51. The third-order valence-electron chi connectivity index (χ3n) is 2.98. The molecule has 1 heterocycles. The average Bonchev–Trinajstić information content (AvgIpc) is 2.77. The van der Waals surface area contributed by atoms with Crippen LogP contribution in [0, 0.1) is 0 Å². The summed E-state index contributed by atoms with van der Waals surface area (Å²) in [6.45, 7) is 0. The van der Waals surface area contributed by atoms with Gasteiger partial charge in [-0.05, 0) is 19.3 Å². The number of aromatic nitrogens is 2. The second-order valence-electron chi connectivity index (χ2n) is 4.26. The van der Waals surface area contributed by atoms with Gasteiger partial charge in [-0.15, -0.1) is 0 Å². The number of thioether (sulfide) groups is 1. The number of rotatable bonds is 3. The average molecular weight is 241 g/mol. The van der Waals surface area contributed by atoms with E-state index in [9.17, 15) is 4.79 Å². The lowest BCUT2D eigenvalue weighted by Crippen LogP contribution is -2.45. The molecule has 0 radical (unpaired) electrons. The molecule has 6 heteroatoms. The molecule has 2 rings (SSSR count). The SMILES string of the molecule is Cn1ccnc1SC1CCC(N)(C(=O)O)C1. The zero-order valence-electron chi connectivity index (χ0n) is 9.09. The number of aliphatic carboxylic acids is 1. The van der Waals surface area contributed by atoms with Gasteiger partial charge >= 0.3 is 5.97 Å². The topological polar surface area (TPSA) is 81.1 Å². The standard InChI is InChI=1S/C10H15N3O2S/c1-13-5-4-12-9(13)16-7-2-3-10(11,6-7)8(14)15/h4-5,7H,2-3,6,11H2,1H3,(H,14,15). The van der Waals surface area contributed by atoms with E-state index in [1.807, 2.05) is 17.8 Å². The maximum absolute atomic E-state index is 11.0. The van der Waals surface area contributed by atoms with Gasteiger partial charge in [0.1, 0.15) is 5.54 Å². The molecule has 0 aromatic carbocycles. The van der Waals surface area contributed by atoms with Crippen LogP contribution in [-0.4, -0.2) is 31.4 Å². The lowest BCUT2D eigenvalue weighted by molar-refractivity contribution is -0.143. The number of aryl methyl sites for hydroxylation is 1. The minimum Gasteiger partial charge on any atom is -0.480 e. The Hall–Kier alpha value is -1.01. The molecule has 0 amide bonds. The Kier molecular flexibility index (Phi) is 2.94. The minimum absolute atomic E-state index is 0.252. The zero-order valence-corrected chi connectivity index (χ0v) is 9.91. The van der Waals surface area contributed by atoms with E-state index in [4.69, 9.17) is 10.8 Å². The fraction of sp³-hybridized carbons (Fsp3) is 0.600. The molecule has 1 aromatic rings. The first-order chi connectivity index (χ1) is 7.51. The number of carboxylic acid groups (broad SMARTS) is 1. The molecule has 0 saturated heterocycles. The molecule has 1 saturated carbocycles. The molecule has 88 valence electrons. The largest absolute Gasteiger partial charge is 0.480 e. The van der Waals surface area contributed by atoms with Gasteiger partial charge in [0.05, 0.1) is 0 Å². The van der Waals surface area contributed by atoms with Crippen LogP contribution in [-0.2, 0) is 11.8 Å². The summed E-state index contributed by atoms with van der Waals surface area (Å²) in [7, 11) is 1.93. The van der Waals surface area contributed by atoms with E-state index in [1.165, 1.54) is 0 Å². The van der Waals surface area contributed by atoms with Gasteiger partial charge in [0.2, 0.25) is 0 Å². The van der Waals surface area contributed by atoms with E-state index in [1.54, 1.807) is 18.0 Å². The van der Waals surface area contributed by atoms with Crippen molar-refractivity contribution in [2.24, 2.45) is 12.8 Å². The van der Waals surface area contributed by atoms with Gasteiger partial charge in [-0.25, -0.2) is 4.98 Å². The number of hydrogen-bond acceptors (Lipinski definition) is 4. The van der Waals surface area contributed by atoms with Crippen molar-refractivity contribution < 1.29 is 9.90 Å². The first-order valence-electron chi connectivity index (χ1n) is 5.17.